The molecule has 0 radical (unpaired) electrons. The first-order valence-corrected chi connectivity index (χ1v) is 10.8. The highest BCUT2D eigenvalue weighted by Gasteiger charge is 2.28. The van der Waals surface area contributed by atoms with E-state index in [1.54, 1.807) is 4.90 Å². The SMILES string of the molecule is Cc1cccc(C(C)C)c1N(CC(=O)N1CCC(C)CC1)S(C)(=O)=O. The maximum Gasteiger partial charge on any atom is 0.243 e. The molecule has 1 aliphatic rings. The van der Waals surface area contributed by atoms with Crippen molar-refractivity contribution in [3.63, 3.8) is 0 Å². The van der Waals surface area contributed by atoms with E-state index in [9.17, 15) is 13.2 Å². The number of para-hydroxylation sites is 1. The largest absolute Gasteiger partial charge is 0.341 e. The molecule has 0 unspecified atom stereocenters. The smallest absolute Gasteiger partial charge is 0.243 e. The fourth-order valence-corrected chi connectivity index (χ4v) is 4.26. The molecule has 0 aromatic heterocycles. The minimum atomic E-state index is -3.56. The van der Waals surface area contributed by atoms with Crippen molar-refractivity contribution in [2.45, 2.75) is 46.5 Å². The fraction of sp³-hybridized carbons (Fsp3) is 0.632. The summed E-state index contributed by atoms with van der Waals surface area (Å²) in [7, 11) is -3.56. The van der Waals surface area contributed by atoms with Crippen molar-refractivity contribution in [2.75, 3.05) is 30.2 Å². The molecule has 0 spiro atoms. The number of benzene rings is 1. The molecule has 2 rings (SSSR count). The van der Waals surface area contributed by atoms with Gasteiger partial charge in [0, 0.05) is 13.1 Å². The van der Waals surface area contributed by atoms with E-state index in [4.69, 9.17) is 0 Å². The lowest BCUT2D eigenvalue weighted by molar-refractivity contribution is -0.130. The molecule has 1 heterocycles. The first-order chi connectivity index (χ1) is 11.6. The van der Waals surface area contributed by atoms with Crippen molar-refractivity contribution < 1.29 is 13.2 Å². The highest BCUT2D eigenvalue weighted by molar-refractivity contribution is 7.92. The molecule has 0 N–H and O–H groups in total. The summed E-state index contributed by atoms with van der Waals surface area (Å²) < 4.78 is 26.3. The number of carbonyl (C=O) groups excluding carboxylic acids is 1. The Balaban J connectivity index is 2.34. The second-order valence-corrected chi connectivity index (χ2v) is 9.41. The molecule has 1 aromatic carbocycles. The van der Waals surface area contributed by atoms with Gasteiger partial charge in [-0.1, -0.05) is 39.0 Å². The molecular weight excluding hydrogens is 336 g/mol. The Morgan fingerprint density at radius 2 is 1.88 bits per heavy atom. The first-order valence-electron chi connectivity index (χ1n) is 8.96. The standard InChI is InChI=1S/C19H30N2O3S/c1-14(2)17-8-6-7-16(4)19(17)21(25(5,23)24)13-18(22)20-11-9-15(3)10-12-20/h6-8,14-15H,9-13H2,1-5H3. The number of amides is 1. The van der Waals surface area contributed by atoms with Crippen LogP contribution in [0, 0.1) is 12.8 Å². The number of anilines is 1. The Hall–Kier alpha value is -1.56. The van der Waals surface area contributed by atoms with Crippen LogP contribution in [0.1, 0.15) is 50.7 Å². The molecule has 1 saturated heterocycles. The summed E-state index contributed by atoms with van der Waals surface area (Å²) in [5, 5.41) is 0. The van der Waals surface area contributed by atoms with Gasteiger partial charge in [-0.15, -0.1) is 0 Å². The third kappa shape index (κ3) is 4.75. The fourth-order valence-electron chi connectivity index (χ4n) is 3.33. The van der Waals surface area contributed by atoms with Crippen LogP contribution in [0.3, 0.4) is 0 Å². The first kappa shape index (κ1) is 19.8. The van der Waals surface area contributed by atoms with Gasteiger partial charge >= 0.3 is 0 Å². The van der Waals surface area contributed by atoms with Crippen molar-refractivity contribution in [3.8, 4) is 0 Å². The van der Waals surface area contributed by atoms with Crippen molar-refractivity contribution in [1.29, 1.82) is 0 Å². The Morgan fingerprint density at radius 1 is 1.28 bits per heavy atom. The molecule has 1 aliphatic heterocycles. The quantitative estimate of drug-likeness (QED) is 0.804. The predicted molar refractivity (Wildman–Crippen MR) is 102 cm³/mol. The maximum atomic E-state index is 12.7. The van der Waals surface area contributed by atoms with Gasteiger partial charge in [-0.05, 0) is 42.7 Å². The Bertz CT molecular complexity index is 720. The van der Waals surface area contributed by atoms with Crippen LogP contribution >= 0.6 is 0 Å². The molecule has 25 heavy (non-hydrogen) atoms. The molecule has 0 saturated carbocycles. The Morgan fingerprint density at radius 3 is 2.40 bits per heavy atom. The third-order valence-electron chi connectivity index (χ3n) is 4.96. The zero-order valence-electron chi connectivity index (χ0n) is 15.9. The molecule has 1 aromatic rings. The molecule has 1 fully saturated rings. The van der Waals surface area contributed by atoms with E-state index in [0.717, 1.165) is 24.0 Å². The van der Waals surface area contributed by atoms with Gasteiger partial charge in [0.25, 0.3) is 0 Å². The van der Waals surface area contributed by atoms with E-state index in [1.807, 2.05) is 39.0 Å². The number of rotatable bonds is 5. The van der Waals surface area contributed by atoms with Gasteiger partial charge in [0.2, 0.25) is 15.9 Å². The lowest BCUT2D eigenvalue weighted by Gasteiger charge is -2.33. The number of nitrogens with zero attached hydrogens (tertiary/aromatic N) is 2. The number of likely N-dealkylation sites (tertiary alicyclic amines) is 1. The van der Waals surface area contributed by atoms with Gasteiger partial charge in [-0.25, -0.2) is 8.42 Å². The van der Waals surface area contributed by atoms with Gasteiger partial charge in [0.05, 0.1) is 11.9 Å². The average molecular weight is 367 g/mol. The summed E-state index contributed by atoms with van der Waals surface area (Å²) in [4.78, 5) is 14.5. The summed E-state index contributed by atoms with van der Waals surface area (Å²) in [5.41, 5.74) is 2.47. The number of carbonyl (C=O) groups is 1. The molecule has 6 heteroatoms. The van der Waals surface area contributed by atoms with Crippen molar-refractivity contribution in [1.82, 2.24) is 4.90 Å². The Kier molecular flexibility index (Phi) is 6.14. The van der Waals surface area contributed by atoms with Crippen molar-refractivity contribution in [2.24, 2.45) is 5.92 Å². The minimum absolute atomic E-state index is 0.115. The molecule has 140 valence electrons. The van der Waals surface area contributed by atoms with E-state index in [-0.39, 0.29) is 18.4 Å². The summed E-state index contributed by atoms with van der Waals surface area (Å²) in [6.07, 6.45) is 3.13. The highest BCUT2D eigenvalue weighted by atomic mass is 32.2. The van der Waals surface area contributed by atoms with Gasteiger partial charge in [0.15, 0.2) is 0 Å². The average Bonchev–Trinajstić information content (AvgIpc) is 2.52. The second kappa shape index (κ2) is 7.77. The second-order valence-electron chi connectivity index (χ2n) is 7.50. The summed E-state index contributed by atoms with van der Waals surface area (Å²) >= 11 is 0. The minimum Gasteiger partial charge on any atom is -0.341 e. The van der Waals surface area contributed by atoms with Crippen LogP contribution in [0.2, 0.25) is 0 Å². The summed E-state index contributed by atoms with van der Waals surface area (Å²) in [6.45, 7) is 9.45. The molecule has 1 amide bonds. The van der Waals surface area contributed by atoms with E-state index < -0.39 is 10.0 Å². The van der Waals surface area contributed by atoms with Crippen LogP contribution in [0.4, 0.5) is 5.69 Å². The number of hydrogen-bond acceptors (Lipinski definition) is 3. The third-order valence-corrected chi connectivity index (χ3v) is 6.07. The van der Waals surface area contributed by atoms with Crippen LogP contribution in [0.25, 0.3) is 0 Å². The zero-order valence-corrected chi connectivity index (χ0v) is 16.8. The van der Waals surface area contributed by atoms with Crippen LogP contribution in [0.5, 0.6) is 0 Å². The van der Waals surface area contributed by atoms with E-state index >= 15 is 0 Å². The monoisotopic (exact) mass is 366 g/mol. The summed E-state index contributed by atoms with van der Waals surface area (Å²) in [5.74, 6) is 0.680. The summed E-state index contributed by atoms with van der Waals surface area (Å²) in [6, 6.07) is 5.77. The molecule has 0 aliphatic carbocycles. The normalized spacial score (nSPS) is 16.3. The zero-order chi connectivity index (χ0) is 18.8. The van der Waals surface area contributed by atoms with Crippen LogP contribution in [0.15, 0.2) is 18.2 Å². The van der Waals surface area contributed by atoms with Gasteiger partial charge in [0.1, 0.15) is 6.54 Å². The molecule has 5 nitrogen and oxygen atoms in total. The number of piperidine rings is 1. The number of sulfonamides is 1. The van der Waals surface area contributed by atoms with E-state index in [1.165, 1.54) is 10.6 Å². The van der Waals surface area contributed by atoms with Crippen LogP contribution in [-0.4, -0.2) is 45.1 Å². The van der Waals surface area contributed by atoms with Crippen LogP contribution < -0.4 is 4.31 Å². The van der Waals surface area contributed by atoms with Gasteiger partial charge < -0.3 is 4.90 Å². The van der Waals surface area contributed by atoms with Crippen molar-refractivity contribution in [3.05, 3.63) is 29.3 Å². The lowest BCUT2D eigenvalue weighted by atomic mass is 9.98. The van der Waals surface area contributed by atoms with E-state index in [2.05, 4.69) is 6.92 Å². The van der Waals surface area contributed by atoms with Gasteiger partial charge in [-0.3, -0.25) is 9.10 Å². The van der Waals surface area contributed by atoms with Crippen molar-refractivity contribution >= 4 is 21.6 Å². The molecular formula is C19H30N2O3S. The van der Waals surface area contributed by atoms with Crippen LogP contribution in [-0.2, 0) is 14.8 Å². The number of hydrogen-bond donors (Lipinski definition) is 0. The maximum absolute atomic E-state index is 12.7. The topological polar surface area (TPSA) is 57.7 Å². The molecule has 0 atom stereocenters. The Labute approximate surface area is 152 Å². The van der Waals surface area contributed by atoms with Gasteiger partial charge in [-0.2, -0.15) is 0 Å². The number of aryl methyl sites for hydroxylation is 1. The molecule has 0 bridgehead atoms. The lowest BCUT2D eigenvalue weighted by Crippen LogP contribution is -2.46. The predicted octanol–water partition coefficient (Wildman–Crippen LogP) is 3.14. The van der Waals surface area contributed by atoms with E-state index in [0.29, 0.717) is 24.7 Å². The highest BCUT2D eigenvalue weighted by Crippen LogP contribution is 2.32.